The number of pyridine rings is 2. The van der Waals surface area contributed by atoms with Crippen molar-refractivity contribution >= 4 is 30.1 Å². The van der Waals surface area contributed by atoms with E-state index in [4.69, 9.17) is 24.4 Å². The molecule has 332 valence electrons. The highest BCUT2D eigenvalue weighted by Crippen LogP contribution is 2.39. The number of rotatable bonds is 16. The Morgan fingerprint density at radius 2 is 1.17 bits per heavy atom. The summed E-state index contributed by atoms with van der Waals surface area (Å²) in [6, 6.07) is 1.95. The molecule has 0 aliphatic carbocycles. The van der Waals surface area contributed by atoms with E-state index in [9.17, 15) is 31.1 Å². The van der Waals surface area contributed by atoms with Gasteiger partial charge in [0.05, 0.1) is 25.6 Å². The molecule has 58 heavy (non-hydrogen) atoms. The van der Waals surface area contributed by atoms with Crippen LogP contribution >= 0.6 is 12.4 Å². The molecule has 3 N–H and O–H groups in total. The van der Waals surface area contributed by atoms with E-state index in [0.717, 1.165) is 25.2 Å². The van der Waals surface area contributed by atoms with Crippen molar-refractivity contribution in [3.63, 3.8) is 0 Å². The molecule has 0 unspecified atom stereocenters. The number of piperazine rings is 2. The van der Waals surface area contributed by atoms with Crippen molar-refractivity contribution in [1.82, 2.24) is 30.0 Å². The molecule has 1 amide bonds. The Morgan fingerprint density at radius 1 is 0.759 bits per heavy atom. The van der Waals surface area contributed by atoms with Gasteiger partial charge < -0.3 is 44.4 Å². The fraction of sp³-hybridized carbons (Fsp3) is 0.703. The van der Waals surface area contributed by atoms with Crippen molar-refractivity contribution < 1.29 is 55.6 Å². The maximum atomic E-state index is 13.6. The number of carbonyl (C=O) groups excluding carboxylic acids is 1. The van der Waals surface area contributed by atoms with Gasteiger partial charge in [0.25, 0.3) is 0 Å². The average molecular weight is 861 g/mol. The number of hydrogen-bond acceptors (Lipinski definition) is 13. The fourth-order valence-electron chi connectivity index (χ4n) is 5.82. The first kappa shape index (κ1) is 50.6. The molecule has 2 aromatic heterocycles. The molecule has 0 atom stereocenters. The molecule has 2 aliphatic heterocycles. The number of aromatic nitrogens is 2. The van der Waals surface area contributed by atoms with Gasteiger partial charge in [-0.2, -0.15) is 26.3 Å². The van der Waals surface area contributed by atoms with Crippen molar-refractivity contribution in [3.8, 4) is 11.5 Å². The number of alkyl halides is 6. The minimum atomic E-state index is -4.56. The van der Waals surface area contributed by atoms with Gasteiger partial charge in [-0.05, 0) is 40.0 Å². The number of aliphatic hydroxyl groups is 2. The van der Waals surface area contributed by atoms with Gasteiger partial charge in [-0.3, -0.25) is 9.80 Å². The second kappa shape index (κ2) is 23.9. The predicted molar refractivity (Wildman–Crippen MR) is 210 cm³/mol. The second-order valence-corrected chi connectivity index (χ2v) is 14.6. The molecular formula is C37H59ClF6N8O6. The van der Waals surface area contributed by atoms with E-state index in [1.54, 1.807) is 37.6 Å². The highest BCUT2D eigenvalue weighted by molar-refractivity contribution is 5.85. The number of ether oxygens (including phenoxy) is 3. The third kappa shape index (κ3) is 17.0. The van der Waals surface area contributed by atoms with Crippen LogP contribution in [0.1, 0.15) is 44.7 Å². The van der Waals surface area contributed by atoms with Crippen LogP contribution in [-0.2, 0) is 17.1 Å². The molecule has 0 radical (unpaired) electrons. The Kier molecular flexibility index (Phi) is 20.8. The van der Waals surface area contributed by atoms with E-state index in [1.807, 2.05) is 7.05 Å². The van der Waals surface area contributed by atoms with Crippen LogP contribution in [0.3, 0.4) is 0 Å². The lowest BCUT2D eigenvalue weighted by atomic mass is 10.2. The summed E-state index contributed by atoms with van der Waals surface area (Å²) in [4.78, 5) is 29.2. The van der Waals surface area contributed by atoms with E-state index in [2.05, 4.69) is 25.1 Å². The van der Waals surface area contributed by atoms with Crippen molar-refractivity contribution in [3.05, 3.63) is 35.7 Å². The number of likely N-dealkylation sites (N-methyl/N-ethyl adjacent to an activating group) is 2. The van der Waals surface area contributed by atoms with Gasteiger partial charge in [-0.25, -0.2) is 14.8 Å². The van der Waals surface area contributed by atoms with Crippen LogP contribution in [0.2, 0.25) is 0 Å². The lowest BCUT2D eigenvalue weighted by molar-refractivity contribution is -0.138. The topological polar surface area (TPSA) is 139 Å². The van der Waals surface area contributed by atoms with E-state index < -0.39 is 35.2 Å². The fourth-order valence-corrected chi connectivity index (χ4v) is 5.82. The summed E-state index contributed by atoms with van der Waals surface area (Å²) in [5.74, 6) is -0.0664. The van der Waals surface area contributed by atoms with Crippen LogP contribution in [0.25, 0.3) is 0 Å². The summed E-state index contributed by atoms with van der Waals surface area (Å²) in [5.41, 5.74) is -2.19. The van der Waals surface area contributed by atoms with Crippen molar-refractivity contribution in [2.45, 2.75) is 51.6 Å². The minimum Gasteiger partial charge on any atom is -0.492 e. The van der Waals surface area contributed by atoms with Gasteiger partial charge in [0.15, 0.2) is 0 Å². The largest absolute Gasteiger partial charge is 0.492 e. The summed E-state index contributed by atoms with van der Waals surface area (Å²) >= 11 is 0. The zero-order valence-electron chi connectivity index (χ0n) is 33.9. The van der Waals surface area contributed by atoms with Gasteiger partial charge in [0.1, 0.15) is 39.9 Å². The summed E-state index contributed by atoms with van der Waals surface area (Å²) in [7, 11) is 3.54. The zero-order chi connectivity index (χ0) is 42.2. The zero-order valence-corrected chi connectivity index (χ0v) is 34.7. The van der Waals surface area contributed by atoms with Gasteiger partial charge in [0.2, 0.25) is 0 Å². The van der Waals surface area contributed by atoms with Crippen molar-refractivity contribution in [1.29, 1.82) is 0 Å². The Bertz CT molecular complexity index is 1510. The van der Waals surface area contributed by atoms with Crippen molar-refractivity contribution in [2.24, 2.45) is 0 Å². The Balaban J connectivity index is 0.000000405. The van der Waals surface area contributed by atoms with E-state index >= 15 is 0 Å². The Labute approximate surface area is 342 Å². The number of halogens is 7. The first-order chi connectivity index (χ1) is 26.9. The van der Waals surface area contributed by atoms with Gasteiger partial charge in [-0.1, -0.05) is 0 Å². The standard InChI is InChI=1S/C21H33F3N4O4.C16H25F3N4O2.ClH/c1-20(2,3)32-19(30)26(4)6-7-27-8-10-28(11-9-27)18-17(21(22,23)24)14-16(15-25-18)31-13-5-12-29;1-20-3-4-22-5-7-23(8-6-22)15-14(16(17,18)19)11-13(12-21-15)25-10-2-9-24;/h14-15,29H,5-13H2,1-4H3;11-12,20,24H,2-10H2,1H3;1H. The first-order valence-corrected chi connectivity index (χ1v) is 19.0. The predicted octanol–water partition coefficient (Wildman–Crippen LogP) is 4.48. The highest BCUT2D eigenvalue weighted by atomic mass is 35.5. The van der Waals surface area contributed by atoms with Crippen LogP contribution in [-0.4, -0.2) is 166 Å². The summed E-state index contributed by atoms with van der Waals surface area (Å²) < 4.78 is 97.0. The Morgan fingerprint density at radius 3 is 1.53 bits per heavy atom. The van der Waals surface area contributed by atoms with E-state index in [-0.39, 0.29) is 62.0 Å². The molecule has 2 saturated heterocycles. The summed E-state index contributed by atoms with van der Waals surface area (Å²) in [6.45, 7) is 12.6. The third-order valence-corrected chi connectivity index (χ3v) is 8.91. The molecule has 0 saturated carbocycles. The molecule has 2 aromatic rings. The van der Waals surface area contributed by atoms with Gasteiger partial charge >= 0.3 is 18.4 Å². The van der Waals surface area contributed by atoms with Gasteiger partial charge in [0, 0.05) is 112 Å². The minimum absolute atomic E-state index is 0. The number of amides is 1. The molecule has 2 aliphatic rings. The van der Waals surface area contributed by atoms with Crippen LogP contribution in [0.5, 0.6) is 11.5 Å². The normalized spacial score (nSPS) is 15.6. The molecule has 2 fully saturated rings. The van der Waals surface area contributed by atoms with Crippen LogP contribution in [0, 0.1) is 0 Å². The quantitative estimate of drug-likeness (QED) is 0.162. The monoisotopic (exact) mass is 860 g/mol. The molecule has 0 aromatic carbocycles. The Hall–Kier alpha value is -3.56. The number of anilines is 2. The molecule has 0 spiro atoms. The average Bonchev–Trinajstić information content (AvgIpc) is 3.15. The van der Waals surface area contributed by atoms with E-state index in [0.29, 0.717) is 78.3 Å². The maximum Gasteiger partial charge on any atom is 0.420 e. The molecule has 4 rings (SSSR count). The highest BCUT2D eigenvalue weighted by Gasteiger charge is 2.38. The number of carbonyl (C=O) groups is 1. The number of nitrogens with zero attached hydrogens (tertiary/aromatic N) is 7. The molecule has 14 nitrogen and oxygen atoms in total. The SMILES string of the molecule is CN(CCN1CCN(c2ncc(OCCCO)cc2C(F)(F)F)CC1)C(=O)OC(C)(C)C.CNCCN1CCN(c2ncc(OCCCO)cc2C(F)(F)F)CC1.Cl. The second-order valence-electron chi connectivity index (χ2n) is 14.6. The summed E-state index contributed by atoms with van der Waals surface area (Å²) in [5, 5.41) is 20.6. The molecule has 4 heterocycles. The summed E-state index contributed by atoms with van der Waals surface area (Å²) in [6.07, 6.45) is -6.18. The maximum absolute atomic E-state index is 13.6. The lowest BCUT2D eigenvalue weighted by Crippen LogP contribution is -2.49. The van der Waals surface area contributed by atoms with Crippen LogP contribution < -0.4 is 24.6 Å². The number of aliphatic hydroxyl groups excluding tert-OH is 2. The number of nitrogens with one attached hydrogen (secondary N) is 1. The molecule has 21 heteroatoms. The lowest BCUT2D eigenvalue weighted by Gasteiger charge is -2.37. The van der Waals surface area contributed by atoms with Crippen molar-refractivity contribution in [2.75, 3.05) is 129 Å². The van der Waals surface area contributed by atoms with Gasteiger partial charge in [-0.15, -0.1) is 12.4 Å². The van der Waals surface area contributed by atoms with Crippen LogP contribution in [0.4, 0.5) is 42.8 Å². The molecule has 0 bridgehead atoms. The number of hydrogen-bond donors (Lipinski definition) is 3. The van der Waals surface area contributed by atoms with Crippen LogP contribution in [0.15, 0.2) is 24.5 Å². The van der Waals surface area contributed by atoms with E-state index in [1.165, 1.54) is 17.3 Å². The smallest absolute Gasteiger partial charge is 0.420 e. The molecular weight excluding hydrogens is 802 g/mol. The third-order valence-electron chi connectivity index (χ3n) is 8.91. The first-order valence-electron chi connectivity index (χ1n) is 19.0.